The first-order chi connectivity index (χ1) is 18.2. The van der Waals surface area contributed by atoms with E-state index in [-0.39, 0.29) is 30.8 Å². The summed E-state index contributed by atoms with van der Waals surface area (Å²) in [6, 6.07) is 13.6. The molecule has 0 aliphatic carbocycles. The number of nitrogens with one attached hydrogen (secondary N) is 1. The Kier molecular flexibility index (Phi) is 8.08. The van der Waals surface area contributed by atoms with Crippen molar-refractivity contribution in [2.24, 2.45) is 10.7 Å². The molecule has 9 nitrogen and oxygen atoms in total. The number of amides is 2. The van der Waals surface area contributed by atoms with E-state index < -0.39 is 23.2 Å². The Morgan fingerprint density at radius 1 is 1.26 bits per heavy atom. The van der Waals surface area contributed by atoms with Gasteiger partial charge in [-0.3, -0.25) is 14.5 Å². The highest BCUT2D eigenvalue weighted by Crippen LogP contribution is 2.43. The highest BCUT2D eigenvalue weighted by molar-refractivity contribution is 6.00. The van der Waals surface area contributed by atoms with Crippen LogP contribution in [0.15, 0.2) is 53.5 Å². The smallest absolute Gasteiger partial charge is 0.251 e. The summed E-state index contributed by atoms with van der Waals surface area (Å²) < 4.78 is 11.3. The molecule has 9 heteroatoms. The molecular weight excluding hydrogens is 484 g/mol. The number of carbonyl (C=O) groups is 2. The van der Waals surface area contributed by atoms with Crippen molar-refractivity contribution in [2.45, 2.75) is 69.7 Å². The summed E-state index contributed by atoms with van der Waals surface area (Å²) in [5, 5.41) is 13.1. The third-order valence-electron chi connectivity index (χ3n) is 7.88. The second kappa shape index (κ2) is 11.1. The van der Waals surface area contributed by atoms with Gasteiger partial charge in [0.1, 0.15) is 5.75 Å². The van der Waals surface area contributed by atoms with Crippen LogP contribution in [0, 0.1) is 0 Å². The number of para-hydroxylation sites is 1. The number of hydrogen-bond donors (Lipinski definition) is 3. The second-order valence-corrected chi connectivity index (χ2v) is 10.3. The molecular formula is C29H38N4O5. The molecule has 0 bridgehead atoms. The summed E-state index contributed by atoms with van der Waals surface area (Å²) in [5.74, 6) is 0.427. The highest BCUT2D eigenvalue weighted by Gasteiger charge is 2.45. The van der Waals surface area contributed by atoms with Crippen molar-refractivity contribution in [3.8, 4) is 5.75 Å². The molecule has 2 aliphatic rings. The summed E-state index contributed by atoms with van der Waals surface area (Å²) in [5.41, 5.74) is 6.92. The Hall–Kier alpha value is -3.43. The number of benzene rings is 2. The molecule has 2 heterocycles. The van der Waals surface area contributed by atoms with Gasteiger partial charge >= 0.3 is 0 Å². The normalized spacial score (nSPS) is 22.9. The number of aliphatic imine (C=N–C) groups is 1. The number of hydrogen-bond acceptors (Lipinski definition) is 7. The molecule has 4 N–H and O–H groups in total. The van der Waals surface area contributed by atoms with Crippen molar-refractivity contribution in [3.05, 3.63) is 65.2 Å². The molecule has 2 aliphatic heterocycles. The molecule has 0 saturated heterocycles. The lowest BCUT2D eigenvalue weighted by Crippen LogP contribution is -2.52. The SMILES string of the molecule is CCC1(CC)CC(=O)N([C@H](CCOC)c2cccc(C(=O)NC3c4ccccc4OC3(C)CO)c2)C(N)=N1. The van der Waals surface area contributed by atoms with Crippen LogP contribution in [-0.4, -0.2) is 59.2 Å². The molecule has 2 amide bonds. The van der Waals surface area contributed by atoms with Crippen LogP contribution >= 0.6 is 0 Å². The molecule has 0 saturated carbocycles. The largest absolute Gasteiger partial charge is 0.482 e. The minimum Gasteiger partial charge on any atom is -0.482 e. The first kappa shape index (κ1) is 27.6. The van der Waals surface area contributed by atoms with Crippen LogP contribution in [0.4, 0.5) is 0 Å². The number of rotatable bonds is 10. The van der Waals surface area contributed by atoms with E-state index in [4.69, 9.17) is 20.2 Å². The number of aliphatic hydroxyl groups excluding tert-OH is 1. The number of aliphatic hydroxyl groups is 1. The fourth-order valence-corrected chi connectivity index (χ4v) is 5.40. The van der Waals surface area contributed by atoms with Crippen molar-refractivity contribution in [3.63, 3.8) is 0 Å². The summed E-state index contributed by atoms with van der Waals surface area (Å²) >= 11 is 0. The summed E-state index contributed by atoms with van der Waals surface area (Å²) in [6.45, 7) is 5.94. The van der Waals surface area contributed by atoms with Crippen LogP contribution in [0.3, 0.4) is 0 Å². The van der Waals surface area contributed by atoms with Gasteiger partial charge < -0.3 is 25.6 Å². The lowest BCUT2D eigenvalue weighted by atomic mass is 9.87. The maximum absolute atomic E-state index is 13.5. The molecule has 38 heavy (non-hydrogen) atoms. The van der Waals surface area contributed by atoms with Crippen molar-refractivity contribution in [2.75, 3.05) is 20.3 Å². The quantitative estimate of drug-likeness (QED) is 0.439. The van der Waals surface area contributed by atoms with Crippen LogP contribution in [0.5, 0.6) is 5.75 Å². The Morgan fingerprint density at radius 3 is 2.66 bits per heavy atom. The predicted octanol–water partition coefficient (Wildman–Crippen LogP) is 3.48. The zero-order valence-electron chi connectivity index (χ0n) is 22.6. The van der Waals surface area contributed by atoms with E-state index in [0.717, 1.165) is 24.0 Å². The number of guanidine groups is 1. The Balaban J connectivity index is 1.64. The Bertz CT molecular complexity index is 1210. The van der Waals surface area contributed by atoms with E-state index in [0.29, 0.717) is 24.3 Å². The second-order valence-electron chi connectivity index (χ2n) is 10.3. The summed E-state index contributed by atoms with van der Waals surface area (Å²) in [7, 11) is 1.61. The number of ether oxygens (including phenoxy) is 2. The predicted molar refractivity (Wildman–Crippen MR) is 145 cm³/mol. The van der Waals surface area contributed by atoms with Gasteiger partial charge in [-0.1, -0.05) is 44.2 Å². The number of nitrogens with zero attached hydrogens (tertiary/aromatic N) is 2. The average Bonchev–Trinajstić information content (AvgIpc) is 3.21. The third kappa shape index (κ3) is 5.13. The maximum Gasteiger partial charge on any atom is 0.251 e. The molecule has 3 atom stereocenters. The van der Waals surface area contributed by atoms with Crippen molar-refractivity contribution >= 4 is 17.8 Å². The van der Waals surface area contributed by atoms with Crippen LogP contribution in [-0.2, 0) is 9.53 Å². The Morgan fingerprint density at radius 2 is 2.00 bits per heavy atom. The molecule has 0 aromatic heterocycles. The fraction of sp³-hybridized carbons (Fsp3) is 0.483. The third-order valence-corrected chi connectivity index (χ3v) is 7.88. The lowest BCUT2D eigenvalue weighted by Gasteiger charge is -2.40. The topological polar surface area (TPSA) is 126 Å². The van der Waals surface area contributed by atoms with Crippen LogP contribution in [0.2, 0.25) is 0 Å². The minimum atomic E-state index is -0.992. The van der Waals surface area contributed by atoms with Gasteiger partial charge in [0, 0.05) is 24.8 Å². The van der Waals surface area contributed by atoms with Gasteiger partial charge in [-0.05, 0) is 49.9 Å². The number of methoxy groups -OCH3 is 1. The Labute approximate surface area is 224 Å². The van der Waals surface area contributed by atoms with Crippen LogP contribution in [0.1, 0.15) is 80.0 Å². The van der Waals surface area contributed by atoms with Gasteiger partial charge in [-0.25, -0.2) is 4.99 Å². The first-order valence-electron chi connectivity index (χ1n) is 13.2. The van der Waals surface area contributed by atoms with E-state index in [1.54, 1.807) is 37.1 Å². The summed E-state index contributed by atoms with van der Waals surface area (Å²) in [6.07, 6.45) is 2.22. The van der Waals surface area contributed by atoms with Crippen molar-refractivity contribution in [1.82, 2.24) is 10.2 Å². The fourth-order valence-electron chi connectivity index (χ4n) is 5.40. The van der Waals surface area contributed by atoms with Gasteiger partial charge in [0.25, 0.3) is 5.91 Å². The standard InChI is InChI=1S/C29H38N4O5/c1-5-29(6-2)17-24(35)33(27(30)32-29)22(14-15-37-4)19-10-9-11-20(16-19)26(36)31-25-21-12-7-8-13-23(21)38-28(25,3)18-34/h7-13,16,22,25,34H,5-6,14-15,17-18H2,1-4H3,(H2,30,32)(H,31,36)/t22-,25?,28?/m1/s1. The van der Waals surface area contributed by atoms with Gasteiger partial charge in [-0.2, -0.15) is 0 Å². The van der Waals surface area contributed by atoms with E-state index in [1.165, 1.54) is 0 Å². The average molecular weight is 523 g/mol. The molecule has 0 radical (unpaired) electrons. The zero-order valence-corrected chi connectivity index (χ0v) is 22.6. The van der Waals surface area contributed by atoms with E-state index in [2.05, 4.69) is 5.32 Å². The van der Waals surface area contributed by atoms with Gasteiger partial charge in [0.15, 0.2) is 11.6 Å². The van der Waals surface area contributed by atoms with Gasteiger partial charge in [0.2, 0.25) is 5.91 Å². The minimum absolute atomic E-state index is 0.0874. The zero-order chi connectivity index (χ0) is 27.5. The molecule has 2 aromatic carbocycles. The van der Waals surface area contributed by atoms with Gasteiger partial charge in [0.05, 0.1) is 30.7 Å². The van der Waals surface area contributed by atoms with Crippen LogP contribution in [0.25, 0.3) is 0 Å². The van der Waals surface area contributed by atoms with Gasteiger partial charge in [-0.15, -0.1) is 0 Å². The molecule has 0 spiro atoms. The van der Waals surface area contributed by atoms with E-state index in [1.807, 2.05) is 44.2 Å². The maximum atomic E-state index is 13.5. The lowest BCUT2D eigenvalue weighted by molar-refractivity contribution is -0.131. The number of nitrogens with two attached hydrogens (primary N) is 1. The van der Waals surface area contributed by atoms with Crippen molar-refractivity contribution < 1.29 is 24.2 Å². The molecule has 0 fully saturated rings. The molecule has 2 aromatic rings. The van der Waals surface area contributed by atoms with E-state index in [9.17, 15) is 14.7 Å². The molecule has 4 rings (SSSR count). The summed E-state index contributed by atoms with van der Waals surface area (Å²) in [4.78, 5) is 33.2. The van der Waals surface area contributed by atoms with E-state index >= 15 is 0 Å². The highest BCUT2D eigenvalue weighted by atomic mass is 16.5. The number of carbonyl (C=O) groups excluding carboxylic acids is 2. The van der Waals surface area contributed by atoms with Crippen molar-refractivity contribution in [1.29, 1.82) is 0 Å². The molecule has 2 unspecified atom stereocenters. The number of fused-ring (bicyclic) bond motifs is 1. The molecule has 204 valence electrons. The monoisotopic (exact) mass is 522 g/mol. The van der Waals surface area contributed by atoms with Crippen LogP contribution < -0.4 is 15.8 Å². The first-order valence-corrected chi connectivity index (χ1v) is 13.2.